The van der Waals surface area contributed by atoms with Crippen LogP contribution in [0.5, 0.6) is 0 Å². The lowest BCUT2D eigenvalue weighted by Crippen LogP contribution is -1.94. The molecule has 0 saturated heterocycles. The molecule has 0 unspecified atom stereocenters. The molecular weight excluding hydrogens is 205 g/mol. The monoisotopic (exact) mass is 219 g/mol. The summed E-state index contributed by atoms with van der Waals surface area (Å²) in [6.07, 6.45) is 6.60. The first kappa shape index (κ1) is 12.3. The second-order valence-electron chi connectivity index (χ2n) is 3.30. The van der Waals surface area contributed by atoms with E-state index in [2.05, 4.69) is 4.99 Å². The number of carbonyl (C=O) groups excluding carboxylic acids is 1. The molecule has 3 heteroatoms. The number of aliphatic imine (C=N–C) groups is 1. The van der Waals surface area contributed by atoms with Crippen LogP contribution in [0.1, 0.15) is 23.2 Å². The molecule has 0 N–H and O–H groups in total. The second-order valence-corrected chi connectivity index (χ2v) is 3.30. The average Bonchev–Trinajstić information content (AvgIpc) is 2.28. The number of carbonyl (C=O) groups is 1. The van der Waals surface area contributed by atoms with Gasteiger partial charge in [-0.3, -0.25) is 4.79 Å². The Morgan fingerprint density at radius 1 is 1.44 bits per heavy atom. The van der Waals surface area contributed by atoms with Gasteiger partial charge < -0.3 is 4.99 Å². The number of allylic oxidation sites excluding steroid dienone is 2. The van der Waals surface area contributed by atoms with Crippen molar-refractivity contribution in [3.05, 3.63) is 47.8 Å². The maximum Gasteiger partial charge on any atom is 0.185 e. The molecule has 1 aromatic carbocycles. The summed E-state index contributed by atoms with van der Waals surface area (Å²) in [4.78, 5) is 15.4. The maximum absolute atomic E-state index is 12.8. The Balaban J connectivity index is 2.52. The highest BCUT2D eigenvalue weighted by Crippen LogP contribution is 2.05. The predicted octanol–water partition coefficient (Wildman–Crippen LogP) is 3.05. The van der Waals surface area contributed by atoms with Crippen molar-refractivity contribution in [3.63, 3.8) is 0 Å². The topological polar surface area (TPSA) is 29.4 Å². The molecule has 0 aromatic heterocycles. The van der Waals surface area contributed by atoms with Crippen molar-refractivity contribution >= 4 is 12.0 Å². The lowest BCUT2D eigenvalue weighted by atomic mass is 10.1. The number of nitrogens with zero attached hydrogens (tertiary/aromatic N) is 1. The van der Waals surface area contributed by atoms with Crippen LogP contribution in [0, 0.1) is 5.82 Å². The fourth-order valence-electron chi connectivity index (χ4n) is 1.23. The zero-order chi connectivity index (χ0) is 11.8. The minimum absolute atomic E-state index is 0.173. The van der Waals surface area contributed by atoms with Crippen molar-refractivity contribution in [2.75, 3.05) is 7.05 Å². The van der Waals surface area contributed by atoms with E-state index in [-0.39, 0.29) is 5.78 Å². The Morgan fingerprint density at radius 3 is 2.94 bits per heavy atom. The highest BCUT2D eigenvalue weighted by atomic mass is 19.1. The Kier molecular flexibility index (Phi) is 5.12. The van der Waals surface area contributed by atoms with Crippen LogP contribution in [-0.2, 0) is 0 Å². The van der Waals surface area contributed by atoms with Crippen molar-refractivity contribution in [2.24, 2.45) is 4.99 Å². The van der Waals surface area contributed by atoms with E-state index in [1.165, 1.54) is 24.3 Å². The minimum atomic E-state index is -0.391. The number of unbranched alkanes of at least 4 members (excludes halogenated alkanes) is 1. The quantitative estimate of drug-likeness (QED) is 0.324. The molecule has 0 saturated carbocycles. The maximum atomic E-state index is 12.8. The van der Waals surface area contributed by atoms with E-state index in [1.54, 1.807) is 25.4 Å². The van der Waals surface area contributed by atoms with Crippen LogP contribution >= 0.6 is 0 Å². The van der Waals surface area contributed by atoms with Crippen molar-refractivity contribution in [1.82, 2.24) is 0 Å². The molecule has 0 aliphatic rings. The first-order chi connectivity index (χ1) is 7.74. The van der Waals surface area contributed by atoms with Gasteiger partial charge in [-0.2, -0.15) is 0 Å². The van der Waals surface area contributed by atoms with Crippen LogP contribution in [0.3, 0.4) is 0 Å². The van der Waals surface area contributed by atoms with Gasteiger partial charge in [-0.25, -0.2) is 4.39 Å². The fraction of sp³-hybridized carbons (Fsp3) is 0.231. The van der Waals surface area contributed by atoms with E-state index in [9.17, 15) is 9.18 Å². The van der Waals surface area contributed by atoms with E-state index >= 15 is 0 Å². The largest absolute Gasteiger partial charge is 0.301 e. The molecule has 0 aliphatic heterocycles. The highest BCUT2D eigenvalue weighted by Gasteiger charge is 2.01. The molecule has 0 fully saturated rings. The van der Waals surface area contributed by atoms with Gasteiger partial charge in [0.1, 0.15) is 5.82 Å². The van der Waals surface area contributed by atoms with E-state index < -0.39 is 5.82 Å². The van der Waals surface area contributed by atoms with Gasteiger partial charge in [-0.05, 0) is 37.3 Å². The van der Waals surface area contributed by atoms with Crippen molar-refractivity contribution in [2.45, 2.75) is 12.8 Å². The average molecular weight is 219 g/mol. The van der Waals surface area contributed by atoms with Crippen LogP contribution in [-0.4, -0.2) is 19.0 Å². The van der Waals surface area contributed by atoms with Gasteiger partial charge in [0.15, 0.2) is 5.78 Å². The summed E-state index contributed by atoms with van der Waals surface area (Å²) in [7, 11) is 1.71. The minimum Gasteiger partial charge on any atom is -0.301 e. The number of hydrogen-bond acceptors (Lipinski definition) is 2. The summed E-state index contributed by atoms with van der Waals surface area (Å²) in [5.41, 5.74) is 0.375. The molecule has 0 spiro atoms. The van der Waals surface area contributed by atoms with Crippen molar-refractivity contribution < 1.29 is 9.18 Å². The van der Waals surface area contributed by atoms with Gasteiger partial charge in [-0.1, -0.05) is 18.2 Å². The Morgan fingerprint density at radius 2 is 2.25 bits per heavy atom. The van der Waals surface area contributed by atoms with Crippen LogP contribution in [0.25, 0.3) is 0 Å². The van der Waals surface area contributed by atoms with Gasteiger partial charge in [0.25, 0.3) is 0 Å². The van der Waals surface area contributed by atoms with E-state index in [0.29, 0.717) is 5.56 Å². The van der Waals surface area contributed by atoms with Gasteiger partial charge in [-0.15, -0.1) is 0 Å². The first-order valence-electron chi connectivity index (χ1n) is 5.11. The molecular formula is C13H14FNO. The van der Waals surface area contributed by atoms with Crippen LogP contribution in [0.4, 0.5) is 4.39 Å². The third kappa shape index (κ3) is 4.17. The van der Waals surface area contributed by atoms with E-state index in [1.807, 2.05) is 0 Å². The fourth-order valence-corrected chi connectivity index (χ4v) is 1.23. The zero-order valence-corrected chi connectivity index (χ0v) is 9.19. The SMILES string of the molecule is CN=CCC/C=C/C(=O)c1cccc(F)c1. The molecule has 16 heavy (non-hydrogen) atoms. The highest BCUT2D eigenvalue weighted by molar-refractivity contribution is 6.04. The molecule has 84 valence electrons. The van der Waals surface area contributed by atoms with Gasteiger partial charge in [0, 0.05) is 12.6 Å². The van der Waals surface area contributed by atoms with E-state index in [0.717, 1.165) is 12.8 Å². The molecule has 1 aromatic rings. The Hall–Kier alpha value is -1.77. The van der Waals surface area contributed by atoms with Gasteiger partial charge in [0.05, 0.1) is 0 Å². The normalized spacial score (nSPS) is 11.4. The lowest BCUT2D eigenvalue weighted by molar-refractivity contribution is 0.104. The summed E-state index contributed by atoms with van der Waals surface area (Å²) in [5, 5.41) is 0. The van der Waals surface area contributed by atoms with Crippen molar-refractivity contribution in [1.29, 1.82) is 0 Å². The zero-order valence-electron chi connectivity index (χ0n) is 9.19. The second kappa shape index (κ2) is 6.67. The van der Waals surface area contributed by atoms with Gasteiger partial charge in [0.2, 0.25) is 0 Å². The smallest absolute Gasteiger partial charge is 0.185 e. The standard InChI is InChI=1S/C13H14FNO/c1-15-9-4-2-3-8-13(16)11-6-5-7-12(14)10-11/h3,5-10H,2,4H2,1H3/b8-3+,15-9?. The third-order valence-corrected chi connectivity index (χ3v) is 2.02. The molecule has 2 nitrogen and oxygen atoms in total. The number of hydrogen-bond donors (Lipinski definition) is 0. The number of rotatable bonds is 5. The molecule has 0 aliphatic carbocycles. The number of benzene rings is 1. The predicted molar refractivity (Wildman–Crippen MR) is 63.5 cm³/mol. The summed E-state index contributed by atoms with van der Waals surface area (Å²) in [5.74, 6) is -0.565. The molecule has 0 bridgehead atoms. The molecule has 0 radical (unpaired) electrons. The van der Waals surface area contributed by atoms with Crippen LogP contribution < -0.4 is 0 Å². The molecule has 1 rings (SSSR count). The van der Waals surface area contributed by atoms with Crippen LogP contribution in [0.15, 0.2) is 41.4 Å². The number of halogens is 1. The molecule has 0 heterocycles. The summed E-state index contributed by atoms with van der Waals surface area (Å²) >= 11 is 0. The number of ketones is 1. The Labute approximate surface area is 94.5 Å². The van der Waals surface area contributed by atoms with E-state index in [4.69, 9.17) is 0 Å². The lowest BCUT2D eigenvalue weighted by Gasteiger charge is -1.95. The third-order valence-electron chi connectivity index (χ3n) is 2.02. The summed E-state index contributed by atoms with van der Waals surface area (Å²) < 4.78 is 12.8. The van der Waals surface area contributed by atoms with Gasteiger partial charge >= 0.3 is 0 Å². The Bertz CT molecular complexity index is 410. The summed E-state index contributed by atoms with van der Waals surface area (Å²) in [6.45, 7) is 0. The van der Waals surface area contributed by atoms with Crippen LogP contribution in [0.2, 0.25) is 0 Å². The first-order valence-corrected chi connectivity index (χ1v) is 5.11. The molecule has 0 atom stereocenters. The van der Waals surface area contributed by atoms with Crippen molar-refractivity contribution in [3.8, 4) is 0 Å². The molecule has 0 amide bonds. The summed E-state index contributed by atoms with van der Waals surface area (Å²) in [6, 6.07) is 5.68.